The Morgan fingerprint density at radius 2 is 2.00 bits per heavy atom. The molecule has 13 heteroatoms. The van der Waals surface area contributed by atoms with Gasteiger partial charge in [-0.3, -0.25) is 9.59 Å². The summed E-state index contributed by atoms with van der Waals surface area (Å²) >= 11 is 0. The lowest BCUT2D eigenvalue weighted by Crippen LogP contribution is -2.35. The van der Waals surface area contributed by atoms with Gasteiger partial charge in [-0.2, -0.15) is 5.10 Å². The van der Waals surface area contributed by atoms with Crippen molar-refractivity contribution in [3.63, 3.8) is 0 Å². The fourth-order valence-electron chi connectivity index (χ4n) is 4.28. The molecule has 38 heavy (non-hydrogen) atoms. The first-order valence-electron chi connectivity index (χ1n) is 11.2. The van der Waals surface area contributed by atoms with Gasteiger partial charge in [0.25, 0.3) is 17.6 Å². The third-order valence-electron chi connectivity index (χ3n) is 6.10. The molecule has 0 bridgehead atoms. The molecule has 0 fully saturated rings. The molecule has 2 amide bonds. The molecule has 12 nitrogen and oxygen atoms in total. The molecule has 3 aromatic heterocycles. The zero-order chi connectivity index (χ0) is 27.0. The molecule has 2 atom stereocenters. The van der Waals surface area contributed by atoms with E-state index in [4.69, 9.17) is 6.57 Å². The Labute approximate surface area is 213 Å². The van der Waals surface area contributed by atoms with Crippen molar-refractivity contribution in [2.75, 3.05) is 0 Å². The molecular weight excluding hydrogens is 497 g/mol. The number of hydrogen-bond acceptors (Lipinski definition) is 7. The summed E-state index contributed by atoms with van der Waals surface area (Å²) in [5, 5.41) is 28.9. The minimum atomic E-state index is -1.11. The van der Waals surface area contributed by atoms with Crippen molar-refractivity contribution >= 4 is 29.2 Å². The van der Waals surface area contributed by atoms with E-state index in [0.717, 1.165) is 16.8 Å². The number of pyridine rings is 1. The summed E-state index contributed by atoms with van der Waals surface area (Å²) in [7, 11) is 0. The number of carbonyl (C=O) groups excluding carboxylic acids is 2. The van der Waals surface area contributed by atoms with Gasteiger partial charge < -0.3 is 25.7 Å². The molecule has 1 aliphatic rings. The van der Waals surface area contributed by atoms with Gasteiger partial charge in [0.15, 0.2) is 11.5 Å². The number of aromatic nitrogens is 4. The number of halogens is 1. The highest BCUT2D eigenvalue weighted by molar-refractivity contribution is 5.98. The van der Waals surface area contributed by atoms with Gasteiger partial charge >= 0.3 is 5.97 Å². The third-order valence-corrected chi connectivity index (χ3v) is 6.10. The van der Waals surface area contributed by atoms with Gasteiger partial charge in [-0.05, 0) is 41.0 Å². The monoisotopic (exact) mass is 515 g/mol. The number of aromatic carboxylic acids is 1. The van der Waals surface area contributed by atoms with Crippen molar-refractivity contribution in [3.8, 4) is 0 Å². The normalized spacial score (nSPS) is 16.0. The summed E-state index contributed by atoms with van der Waals surface area (Å²) in [6, 6.07) is 7.73. The number of aliphatic hydroxyl groups excluding tert-OH is 1. The second-order valence-electron chi connectivity index (χ2n) is 8.51. The summed E-state index contributed by atoms with van der Waals surface area (Å²) in [5.74, 6) is -3.26. The molecule has 190 valence electrons. The smallest absolute Gasteiger partial charge is 0.335 e. The van der Waals surface area contributed by atoms with E-state index >= 15 is 0 Å². The van der Waals surface area contributed by atoms with Crippen LogP contribution < -0.4 is 10.6 Å². The number of nitrogens with zero attached hydrogens (tertiary/aromatic N) is 5. The average Bonchev–Trinajstić information content (AvgIpc) is 3.45. The van der Waals surface area contributed by atoms with Crippen LogP contribution in [-0.4, -0.2) is 53.7 Å². The fraction of sp³-hybridized carbons (Fsp3) is 0.160. The first-order valence-corrected chi connectivity index (χ1v) is 11.2. The summed E-state index contributed by atoms with van der Waals surface area (Å²) in [6.45, 7) is 7.07. The number of benzene rings is 1. The van der Waals surface area contributed by atoms with Crippen LogP contribution in [0.5, 0.6) is 0 Å². The quantitative estimate of drug-likeness (QED) is 0.283. The lowest BCUT2D eigenvalue weighted by atomic mass is 10.0. The number of fused-ring (bicyclic) bond motifs is 2. The molecule has 0 saturated carbocycles. The molecular formula is C25H18FN7O5. The van der Waals surface area contributed by atoms with E-state index < -0.39 is 35.7 Å². The second kappa shape index (κ2) is 9.68. The van der Waals surface area contributed by atoms with Gasteiger partial charge in [0.05, 0.1) is 23.9 Å². The van der Waals surface area contributed by atoms with Gasteiger partial charge in [-0.15, -0.1) is 4.98 Å². The average molecular weight is 515 g/mol. The van der Waals surface area contributed by atoms with Crippen LogP contribution in [0.15, 0.2) is 48.8 Å². The molecule has 0 saturated heterocycles. The van der Waals surface area contributed by atoms with Crippen LogP contribution in [0.4, 0.5) is 10.2 Å². The lowest BCUT2D eigenvalue weighted by molar-refractivity contribution is 0.0696. The van der Waals surface area contributed by atoms with Crippen LogP contribution in [0.2, 0.25) is 0 Å². The first kappa shape index (κ1) is 24.5. The molecule has 5 rings (SSSR count). The zero-order valence-corrected chi connectivity index (χ0v) is 19.4. The van der Waals surface area contributed by atoms with Crippen molar-refractivity contribution in [1.82, 2.24) is 30.2 Å². The van der Waals surface area contributed by atoms with Gasteiger partial charge in [0.1, 0.15) is 17.6 Å². The Balaban J connectivity index is 1.41. The Morgan fingerprint density at radius 1 is 1.18 bits per heavy atom. The second-order valence-corrected chi connectivity index (χ2v) is 8.51. The van der Waals surface area contributed by atoms with Gasteiger partial charge in [-0.25, -0.2) is 18.7 Å². The Bertz CT molecular complexity index is 1660. The number of carboxylic acids is 1. The maximum Gasteiger partial charge on any atom is 0.335 e. The number of carboxylic acid groups (broad SMARTS) is 1. The highest BCUT2D eigenvalue weighted by atomic mass is 19.1. The Kier molecular flexibility index (Phi) is 6.23. The van der Waals surface area contributed by atoms with E-state index in [1.807, 2.05) is 0 Å². The van der Waals surface area contributed by atoms with Crippen LogP contribution in [0.1, 0.15) is 54.1 Å². The molecule has 1 aliphatic carbocycles. The van der Waals surface area contributed by atoms with Crippen LogP contribution in [0.25, 0.3) is 10.5 Å². The molecule has 4 aromatic rings. The summed E-state index contributed by atoms with van der Waals surface area (Å²) in [4.78, 5) is 48.5. The highest BCUT2D eigenvalue weighted by Gasteiger charge is 2.34. The zero-order valence-electron chi connectivity index (χ0n) is 19.4. The van der Waals surface area contributed by atoms with E-state index in [0.29, 0.717) is 16.7 Å². The maximum atomic E-state index is 14.4. The van der Waals surface area contributed by atoms with Crippen LogP contribution in [0, 0.1) is 12.4 Å². The predicted molar refractivity (Wildman–Crippen MR) is 128 cm³/mol. The number of rotatable bonds is 6. The Morgan fingerprint density at radius 3 is 2.76 bits per heavy atom. The summed E-state index contributed by atoms with van der Waals surface area (Å²) < 4.78 is 15.3. The van der Waals surface area contributed by atoms with E-state index in [2.05, 4.69) is 30.5 Å². The SMILES string of the molecule is [C-]#[N+]c1cc(CNC(=O)c2cc(C(=O)N[C@@H]3c4ccc(C(=O)O)cc4C[C@@H]3O)n3ncc(F)c3n2)ccn1. The highest BCUT2D eigenvalue weighted by Crippen LogP contribution is 2.32. The van der Waals surface area contributed by atoms with E-state index in [-0.39, 0.29) is 41.4 Å². The van der Waals surface area contributed by atoms with E-state index in [9.17, 15) is 29.0 Å². The van der Waals surface area contributed by atoms with Crippen LogP contribution in [-0.2, 0) is 13.0 Å². The molecule has 4 N–H and O–H groups in total. The van der Waals surface area contributed by atoms with Crippen molar-refractivity contribution in [2.45, 2.75) is 25.1 Å². The van der Waals surface area contributed by atoms with Gasteiger partial charge in [0, 0.05) is 19.0 Å². The molecule has 3 heterocycles. The van der Waals surface area contributed by atoms with Crippen molar-refractivity contribution < 1.29 is 29.0 Å². The van der Waals surface area contributed by atoms with E-state index in [1.54, 1.807) is 6.07 Å². The minimum Gasteiger partial charge on any atom is -0.478 e. The number of hydrogen-bond donors (Lipinski definition) is 4. The number of aliphatic hydroxyl groups is 1. The van der Waals surface area contributed by atoms with Gasteiger partial charge in [-0.1, -0.05) is 12.6 Å². The van der Waals surface area contributed by atoms with E-state index in [1.165, 1.54) is 30.5 Å². The van der Waals surface area contributed by atoms with Crippen molar-refractivity contribution in [3.05, 3.63) is 99.7 Å². The van der Waals surface area contributed by atoms with Crippen molar-refractivity contribution in [1.29, 1.82) is 0 Å². The topological polar surface area (TPSA) is 163 Å². The lowest BCUT2D eigenvalue weighted by Gasteiger charge is -2.18. The van der Waals surface area contributed by atoms with Crippen molar-refractivity contribution in [2.24, 2.45) is 0 Å². The Hall–Kier alpha value is -5.22. The molecule has 0 aliphatic heterocycles. The minimum absolute atomic E-state index is 0.0311. The van der Waals surface area contributed by atoms with Gasteiger partial charge in [0.2, 0.25) is 0 Å². The molecule has 0 spiro atoms. The van der Waals surface area contributed by atoms with Crippen LogP contribution >= 0.6 is 0 Å². The first-order chi connectivity index (χ1) is 18.2. The molecule has 1 aromatic carbocycles. The third kappa shape index (κ3) is 4.51. The summed E-state index contributed by atoms with van der Waals surface area (Å²) in [5.41, 5.74) is 0.978. The standard InChI is InChI=1S/C25H18FN7O5/c1-27-20-6-12(4-5-28-20)10-29-23(35)17-9-18(33-22(31-17)16(26)11-30-33)24(36)32-21-15-3-2-13(25(37)38)7-14(15)8-19(21)34/h2-7,9,11,19,21,34H,8,10H2,(H,29,35)(H,32,36)(H,37,38)/t19-,21+/m0/s1. The van der Waals surface area contributed by atoms with Crippen LogP contribution in [0.3, 0.4) is 0 Å². The molecule has 0 unspecified atom stereocenters. The number of nitrogens with one attached hydrogen (secondary N) is 2. The molecule has 0 radical (unpaired) electrons. The predicted octanol–water partition coefficient (Wildman–Crippen LogP) is 1.83. The number of carbonyl (C=O) groups is 3. The maximum absolute atomic E-state index is 14.4. The number of amides is 2. The largest absolute Gasteiger partial charge is 0.478 e. The fourth-order valence-corrected chi connectivity index (χ4v) is 4.28. The summed E-state index contributed by atoms with van der Waals surface area (Å²) in [6.07, 6.45) is 1.38.